The number of aliphatic hydroxyl groups excluding tert-OH is 1. The van der Waals surface area contributed by atoms with Crippen molar-refractivity contribution in [1.82, 2.24) is 41.4 Å². The summed E-state index contributed by atoms with van der Waals surface area (Å²) in [5.74, 6) is -3.28. The van der Waals surface area contributed by atoms with Crippen LogP contribution in [0.15, 0.2) is 54.7 Å². The number of fused-ring (bicyclic) bond motifs is 17. The van der Waals surface area contributed by atoms with Crippen LogP contribution in [0.4, 0.5) is 0 Å². The number of H-pyrrole nitrogens is 1. The zero-order valence-corrected chi connectivity index (χ0v) is 32.0. The molecule has 2 bridgehead atoms. The van der Waals surface area contributed by atoms with E-state index >= 15 is 0 Å². The summed E-state index contributed by atoms with van der Waals surface area (Å²) in [7, 11) is 0. The average molecular weight is 787 g/mol. The van der Waals surface area contributed by atoms with Crippen molar-refractivity contribution in [2.24, 2.45) is 0 Å². The molecule has 304 valence electrons. The monoisotopic (exact) mass is 786 g/mol. The Bertz CT molecular complexity index is 1980. The van der Waals surface area contributed by atoms with Gasteiger partial charge in [0, 0.05) is 68.6 Å². The van der Waals surface area contributed by atoms with Crippen LogP contribution in [0.1, 0.15) is 50.7 Å². The van der Waals surface area contributed by atoms with Gasteiger partial charge in [-0.3, -0.25) is 33.6 Å². The van der Waals surface area contributed by atoms with Crippen LogP contribution >= 0.6 is 0 Å². The fraction of sp³-hybridized carbons (Fsp3) is 0.475. The lowest BCUT2D eigenvalue weighted by Gasteiger charge is -2.30. The topological polar surface area (TPSA) is 231 Å². The van der Waals surface area contributed by atoms with E-state index in [-0.39, 0.29) is 50.7 Å². The number of carbonyl (C=O) groups is 7. The molecule has 7 N–H and O–H groups in total. The number of nitrogens with zero attached hydrogens (tertiary/aromatic N) is 2. The normalized spacial score (nSPS) is 24.7. The number of aromatic nitrogens is 1. The van der Waals surface area contributed by atoms with Gasteiger partial charge in [-0.15, -0.1) is 0 Å². The molecule has 17 nitrogen and oxygen atoms in total. The lowest BCUT2D eigenvalue weighted by Crippen LogP contribution is -2.60. The quantitative estimate of drug-likeness (QED) is 0.152. The SMILES string of the molecule is C[C@@H]1NC(=O)[C@H]([C@@H](C)O)NC(=O)[C@@H]2C[C@H](NC(=O)CCN3CCCC3=O)CN2C(=O)[C@@H](Cc2c[nH]c3ccccc23)NC(=O)COc2ccc(cc2)CCNC1=O. The van der Waals surface area contributed by atoms with Gasteiger partial charge in [-0.1, -0.05) is 30.3 Å². The molecule has 3 aromatic rings. The minimum absolute atomic E-state index is 0.0189. The Hall–Kier alpha value is -5.97. The van der Waals surface area contributed by atoms with E-state index < -0.39 is 72.5 Å². The van der Waals surface area contributed by atoms with Crippen LogP contribution in [0.25, 0.3) is 10.9 Å². The smallest absolute Gasteiger partial charge is 0.258 e. The van der Waals surface area contributed by atoms with Crippen LogP contribution in [0.3, 0.4) is 0 Å². The van der Waals surface area contributed by atoms with E-state index in [1.165, 1.54) is 18.7 Å². The van der Waals surface area contributed by atoms with Crippen LogP contribution in [0, 0.1) is 0 Å². The molecule has 5 heterocycles. The molecule has 17 heteroatoms. The predicted octanol–water partition coefficient (Wildman–Crippen LogP) is -0.585. The molecule has 57 heavy (non-hydrogen) atoms. The number of carbonyl (C=O) groups excluding carboxylic acids is 7. The van der Waals surface area contributed by atoms with Gasteiger partial charge in [0.25, 0.3) is 5.91 Å². The Morgan fingerprint density at radius 1 is 0.965 bits per heavy atom. The number of ether oxygens (including phenoxy) is 1. The fourth-order valence-electron chi connectivity index (χ4n) is 7.47. The van der Waals surface area contributed by atoms with Crippen LogP contribution in [-0.4, -0.2) is 130 Å². The Morgan fingerprint density at radius 2 is 1.74 bits per heavy atom. The molecule has 0 radical (unpaired) electrons. The van der Waals surface area contributed by atoms with E-state index in [9.17, 15) is 38.7 Å². The molecular weight excluding hydrogens is 736 g/mol. The number of nitrogens with one attached hydrogen (secondary N) is 6. The summed E-state index contributed by atoms with van der Waals surface area (Å²) in [6.45, 7) is 3.32. The zero-order chi connectivity index (χ0) is 40.6. The van der Waals surface area contributed by atoms with E-state index in [0.717, 1.165) is 28.5 Å². The summed E-state index contributed by atoms with van der Waals surface area (Å²) in [5, 5.41) is 25.1. The van der Waals surface area contributed by atoms with Crippen molar-refractivity contribution in [1.29, 1.82) is 0 Å². The lowest BCUT2D eigenvalue weighted by atomic mass is 10.0. The van der Waals surface area contributed by atoms with Gasteiger partial charge in [0.15, 0.2) is 6.61 Å². The van der Waals surface area contributed by atoms with Gasteiger partial charge < -0.3 is 51.2 Å². The molecule has 4 aliphatic rings. The highest BCUT2D eigenvalue weighted by Gasteiger charge is 2.44. The third kappa shape index (κ3) is 10.3. The standard InChI is InChI=1S/C40H50N8O9/c1-23-37(53)41-15-13-25-9-11-28(12-10-25)57-22-34(51)45-31(18-26-20-42-30-7-4-3-6-29(26)30)40(56)48-21-27(44-33(50)14-17-47-16-5-8-35(47)52)19-32(48)38(54)46-36(24(2)49)39(55)43-23/h3-4,6-7,9-12,20,23-24,27,31-32,36,42,49H,5,8,13-19,21-22H2,1-2H3,(H,41,53)(H,43,55)(H,44,50)(H,45,51)(H,46,54)/t23-,24+,27-,31+,32-,36-/m0/s1. The minimum atomic E-state index is -1.51. The van der Waals surface area contributed by atoms with Crippen molar-refractivity contribution in [2.45, 2.75) is 88.7 Å². The zero-order valence-electron chi connectivity index (χ0n) is 32.0. The van der Waals surface area contributed by atoms with Crippen molar-refractivity contribution >= 4 is 52.3 Å². The van der Waals surface area contributed by atoms with E-state index in [4.69, 9.17) is 4.74 Å². The number of rotatable bonds is 7. The number of hydrogen-bond donors (Lipinski definition) is 7. The van der Waals surface area contributed by atoms with Gasteiger partial charge >= 0.3 is 0 Å². The predicted molar refractivity (Wildman–Crippen MR) is 206 cm³/mol. The van der Waals surface area contributed by atoms with Gasteiger partial charge in [0.2, 0.25) is 35.4 Å². The highest BCUT2D eigenvalue weighted by Crippen LogP contribution is 2.24. The fourth-order valence-corrected chi connectivity index (χ4v) is 7.47. The minimum Gasteiger partial charge on any atom is -0.484 e. The summed E-state index contributed by atoms with van der Waals surface area (Å²) in [6.07, 6.45) is 1.98. The molecule has 4 aliphatic heterocycles. The molecular formula is C40H50N8O9. The van der Waals surface area contributed by atoms with Gasteiger partial charge in [-0.25, -0.2) is 0 Å². The third-order valence-electron chi connectivity index (χ3n) is 10.6. The number of likely N-dealkylation sites (tertiary alicyclic amines) is 1. The van der Waals surface area contributed by atoms with Crippen molar-refractivity contribution < 1.29 is 43.4 Å². The summed E-state index contributed by atoms with van der Waals surface area (Å²) < 4.78 is 5.77. The van der Waals surface area contributed by atoms with Crippen molar-refractivity contribution in [3.63, 3.8) is 0 Å². The first-order valence-corrected chi connectivity index (χ1v) is 19.4. The van der Waals surface area contributed by atoms with E-state index in [1.54, 1.807) is 35.4 Å². The Kier molecular flexibility index (Phi) is 13.1. The van der Waals surface area contributed by atoms with Crippen molar-refractivity contribution in [2.75, 3.05) is 32.8 Å². The Labute approximate surface area is 329 Å². The molecule has 7 rings (SSSR count). The van der Waals surface area contributed by atoms with Crippen LogP contribution in [0.5, 0.6) is 5.75 Å². The highest BCUT2D eigenvalue weighted by molar-refractivity contribution is 5.97. The molecule has 0 aliphatic carbocycles. The second-order valence-corrected chi connectivity index (χ2v) is 14.9. The summed E-state index contributed by atoms with van der Waals surface area (Å²) in [4.78, 5) is 99.9. The first-order chi connectivity index (χ1) is 27.4. The third-order valence-corrected chi connectivity index (χ3v) is 10.6. The van der Waals surface area contributed by atoms with Crippen LogP contribution in [-0.2, 0) is 46.4 Å². The highest BCUT2D eigenvalue weighted by atomic mass is 16.5. The largest absolute Gasteiger partial charge is 0.484 e. The number of benzene rings is 2. The van der Waals surface area contributed by atoms with Crippen molar-refractivity contribution in [3.8, 4) is 5.75 Å². The number of aliphatic hydroxyl groups is 1. The maximum absolute atomic E-state index is 14.7. The van der Waals surface area contributed by atoms with Crippen LogP contribution < -0.4 is 31.3 Å². The number of amides is 7. The average Bonchev–Trinajstić information content (AvgIpc) is 3.93. The molecule has 0 spiro atoms. The number of hydrogen-bond acceptors (Lipinski definition) is 9. The molecule has 0 unspecified atom stereocenters. The van der Waals surface area contributed by atoms with Gasteiger partial charge in [0.1, 0.15) is 29.9 Å². The Morgan fingerprint density at radius 3 is 2.47 bits per heavy atom. The molecule has 0 saturated carbocycles. The number of para-hydroxylation sites is 1. The lowest BCUT2D eigenvalue weighted by molar-refractivity contribution is -0.143. The van der Waals surface area contributed by atoms with E-state index in [1.807, 2.05) is 24.3 Å². The maximum atomic E-state index is 14.7. The molecule has 2 aromatic carbocycles. The molecule has 6 atom stereocenters. The molecule has 2 fully saturated rings. The molecule has 2 saturated heterocycles. The second kappa shape index (κ2) is 18.3. The molecule has 1 aromatic heterocycles. The summed E-state index contributed by atoms with van der Waals surface area (Å²) >= 11 is 0. The second-order valence-electron chi connectivity index (χ2n) is 14.9. The summed E-state index contributed by atoms with van der Waals surface area (Å²) in [6, 6.07) is 8.79. The Balaban J connectivity index is 1.29. The van der Waals surface area contributed by atoms with Crippen molar-refractivity contribution in [3.05, 3.63) is 65.9 Å². The number of aromatic amines is 1. The maximum Gasteiger partial charge on any atom is 0.258 e. The van der Waals surface area contributed by atoms with Gasteiger partial charge in [-0.2, -0.15) is 0 Å². The summed E-state index contributed by atoms with van der Waals surface area (Å²) in [5.41, 5.74) is 2.43. The first kappa shape index (κ1) is 40.7. The van der Waals surface area contributed by atoms with Gasteiger partial charge in [0.05, 0.1) is 6.10 Å². The first-order valence-electron chi connectivity index (χ1n) is 19.4. The van der Waals surface area contributed by atoms with Crippen LogP contribution in [0.2, 0.25) is 0 Å². The van der Waals surface area contributed by atoms with E-state index in [2.05, 4.69) is 31.6 Å². The van der Waals surface area contributed by atoms with E-state index in [0.29, 0.717) is 25.1 Å². The van der Waals surface area contributed by atoms with Gasteiger partial charge in [-0.05, 0) is 62.4 Å². The molecule has 7 amide bonds.